The summed E-state index contributed by atoms with van der Waals surface area (Å²) in [4.78, 5) is 11.4. The van der Waals surface area contributed by atoms with E-state index in [-0.39, 0.29) is 19.1 Å². The van der Waals surface area contributed by atoms with Gasteiger partial charge in [0.05, 0.1) is 18.5 Å². The highest BCUT2D eigenvalue weighted by Gasteiger charge is 2.05. The van der Waals surface area contributed by atoms with Gasteiger partial charge in [-0.2, -0.15) is 11.8 Å². The molecular weight excluding hydrogens is 250 g/mol. The predicted molar refractivity (Wildman–Crippen MR) is 73.6 cm³/mol. The smallest absolute Gasteiger partial charge is 0.230 e. The van der Waals surface area contributed by atoms with Crippen LogP contribution in [-0.2, 0) is 11.2 Å². The summed E-state index contributed by atoms with van der Waals surface area (Å²) in [7, 11) is 0. The summed E-state index contributed by atoms with van der Waals surface area (Å²) in [5.74, 6) is 1.16. The molecule has 0 radical (unpaired) electrons. The van der Waals surface area contributed by atoms with Crippen molar-refractivity contribution in [2.24, 2.45) is 0 Å². The first-order chi connectivity index (χ1) is 8.72. The minimum Gasteiger partial charge on any atom is -0.394 e. The fourth-order valence-electron chi connectivity index (χ4n) is 1.35. The van der Waals surface area contributed by atoms with E-state index in [0.29, 0.717) is 5.75 Å². The lowest BCUT2D eigenvalue weighted by Gasteiger charge is -2.08. The fourth-order valence-corrected chi connectivity index (χ4v) is 2.16. The monoisotopic (exact) mass is 269 g/mol. The molecule has 18 heavy (non-hydrogen) atoms. The van der Waals surface area contributed by atoms with Crippen molar-refractivity contribution in [1.29, 1.82) is 0 Å². The number of thioether (sulfide) groups is 1. The molecule has 0 aliphatic heterocycles. The molecule has 0 aliphatic carbocycles. The van der Waals surface area contributed by atoms with Crippen molar-refractivity contribution < 1.29 is 15.0 Å². The van der Waals surface area contributed by atoms with Gasteiger partial charge in [-0.15, -0.1) is 0 Å². The maximum atomic E-state index is 11.4. The first-order valence-corrected chi connectivity index (χ1v) is 7.05. The van der Waals surface area contributed by atoms with E-state index in [9.17, 15) is 4.79 Å². The van der Waals surface area contributed by atoms with Crippen molar-refractivity contribution in [1.82, 2.24) is 5.32 Å². The second-order valence-corrected chi connectivity index (χ2v) is 5.03. The zero-order valence-corrected chi connectivity index (χ0v) is 11.0. The van der Waals surface area contributed by atoms with Crippen LogP contribution in [0, 0.1) is 0 Å². The van der Waals surface area contributed by atoms with Crippen LogP contribution in [0.15, 0.2) is 30.3 Å². The third kappa shape index (κ3) is 6.64. The van der Waals surface area contributed by atoms with Crippen LogP contribution >= 0.6 is 11.8 Å². The predicted octanol–water partition coefficient (Wildman–Crippen LogP) is 0.432. The lowest BCUT2D eigenvalue weighted by atomic mass is 10.2. The number of benzene rings is 1. The Morgan fingerprint density at radius 1 is 1.33 bits per heavy atom. The second kappa shape index (κ2) is 8.97. The van der Waals surface area contributed by atoms with Crippen LogP contribution in [0.25, 0.3) is 0 Å². The highest BCUT2D eigenvalue weighted by atomic mass is 32.2. The van der Waals surface area contributed by atoms with Crippen LogP contribution < -0.4 is 5.32 Å². The van der Waals surface area contributed by atoms with Gasteiger partial charge in [-0.05, 0) is 17.7 Å². The molecule has 1 amide bonds. The van der Waals surface area contributed by atoms with Gasteiger partial charge in [0.15, 0.2) is 0 Å². The maximum absolute atomic E-state index is 11.4. The van der Waals surface area contributed by atoms with Gasteiger partial charge in [0.2, 0.25) is 5.91 Å². The van der Waals surface area contributed by atoms with E-state index in [1.807, 2.05) is 18.2 Å². The molecule has 0 heterocycles. The van der Waals surface area contributed by atoms with Crippen molar-refractivity contribution in [2.45, 2.75) is 12.5 Å². The Kier molecular flexibility index (Phi) is 7.48. The Morgan fingerprint density at radius 3 is 2.72 bits per heavy atom. The van der Waals surface area contributed by atoms with Crippen LogP contribution in [0.4, 0.5) is 0 Å². The molecule has 1 atom stereocenters. The fraction of sp³-hybridized carbons (Fsp3) is 0.462. The van der Waals surface area contributed by atoms with Crippen molar-refractivity contribution in [3.05, 3.63) is 35.9 Å². The van der Waals surface area contributed by atoms with Crippen molar-refractivity contribution >= 4 is 17.7 Å². The van der Waals surface area contributed by atoms with Gasteiger partial charge in [0.1, 0.15) is 0 Å². The number of carbonyl (C=O) groups excluding carboxylic acids is 1. The summed E-state index contributed by atoms with van der Waals surface area (Å²) in [6.07, 6.45) is 0.0705. The minimum absolute atomic E-state index is 0.106. The standard InChI is InChI=1S/C13H19NO3S/c15-9-12(16)8-14-13(17)10-18-7-6-11-4-2-1-3-5-11/h1-5,12,15-16H,6-10H2,(H,14,17). The Bertz CT molecular complexity index is 345. The van der Waals surface area contributed by atoms with E-state index in [2.05, 4.69) is 17.4 Å². The quantitative estimate of drug-likeness (QED) is 0.599. The summed E-state index contributed by atoms with van der Waals surface area (Å²) >= 11 is 1.56. The summed E-state index contributed by atoms with van der Waals surface area (Å²) in [6.45, 7) is -0.226. The first-order valence-electron chi connectivity index (χ1n) is 5.89. The van der Waals surface area contributed by atoms with Crippen LogP contribution in [0.1, 0.15) is 5.56 Å². The maximum Gasteiger partial charge on any atom is 0.230 e. The number of nitrogens with one attached hydrogen (secondary N) is 1. The van der Waals surface area contributed by atoms with Gasteiger partial charge in [0.25, 0.3) is 0 Å². The van der Waals surface area contributed by atoms with Gasteiger partial charge >= 0.3 is 0 Å². The number of amides is 1. The average molecular weight is 269 g/mol. The molecule has 0 aliphatic rings. The number of aliphatic hydroxyl groups is 2. The lowest BCUT2D eigenvalue weighted by Crippen LogP contribution is -2.34. The zero-order valence-electron chi connectivity index (χ0n) is 10.2. The zero-order chi connectivity index (χ0) is 13.2. The topological polar surface area (TPSA) is 69.6 Å². The van der Waals surface area contributed by atoms with Gasteiger partial charge < -0.3 is 15.5 Å². The van der Waals surface area contributed by atoms with Crippen LogP contribution in [0.2, 0.25) is 0 Å². The van der Waals surface area contributed by atoms with Crippen LogP contribution in [0.3, 0.4) is 0 Å². The Morgan fingerprint density at radius 2 is 2.06 bits per heavy atom. The van der Waals surface area contributed by atoms with Gasteiger partial charge in [0, 0.05) is 6.54 Å². The Hall–Kier alpha value is -1.04. The highest BCUT2D eigenvalue weighted by Crippen LogP contribution is 2.06. The van der Waals surface area contributed by atoms with E-state index in [0.717, 1.165) is 12.2 Å². The third-order valence-corrected chi connectivity index (χ3v) is 3.32. The molecule has 1 unspecified atom stereocenters. The van der Waals surface area contributed by atoms with E-state index < -0.39 is 6.10 Å². The molecule has 0 spiro atoms. The molecular formula is C13H19NO3S. The molecule has 0 fully saturated rings. The average Bonchev–Trinajstić information content (AvgIpc) is 2.42. The van der Waals surface area contributed by atoms with E-state index >= 15 is 0 Å². The number of aryl methyl sites for hydroxylation is 1. The molecule has 1 rings (SSSR count). The molecule has 0 saturated heterocycles. The summed E-state index contributed by atoms with van der Waals surface area (Å²) in [5.41, 5.74) is 1.26. The second-order valence-electron chi connectivity index (χ2n) is 3.93. The molecule has 0 aromatic heterocycles. The Balaban J connectivity index is 2.05. The summed E-state index contributed by atoms with van der Waals surface area (Å²) in [6, 6.07) is 10.1. The number of rotatable bonds is 8. The number of hydrogen-bond acceptors (Lipinski definition) is 4. The summed E-state index contributed by atoms with van der Waals surface area (Å²) in [5, 5.41) is 20.2. The number of carbonyl (C=O) groups is 1. The molecule has 0 bridgehead atoms. The molecule has 1 aromatic rings. The third-order valence-electron chi connectivity index (χ3n) is 2.36. The SMILES string of the molecule is O=C(CSCCc1ccccc1)NCC(O)CO. The van der Waals surface area contributed by atoms with Gasteiger partial charge in [-0.1, -0.05) is 30.3 Å². The molecule has 100 valence electrons. The van der Waals surface area contributed by atoms with Crippen molar-refractivity contribution in [3.63, 3.8) is 0 Å². The first kappa shape index (κ1) is 15.0. The van der Waals surface area contributed by atoms with Gasteiger partial charge in [-0.3, -0.25) is 4.79 Å². The van der Waals surface area contributed by atoms with E-state index in [1.54, 1.807) is 11.8 Å². The summed E-state index contributed by atoms with van der Waals surface area (Å²) < 4.78 is 0. The molecule has 1 aromatic carbocycles. The Labute approximate surface area is 111 Å². The minimum atomic E-state index is -0.872. The molecule has 3 N–H and O–H groups in total. The largest absolute Gasteiger partial charge is 0.394 e. The highest BCUT2D eigenvalue weighted by molar-refractivity contribution is 7.99. The molecule has 5 heteroatoms. The number of hydrogen-bond donors (Lipinski definition) is 3. The van der Waals surface area contributed by atoms with E-state index in [4.69, 9.17) is 10.2 Å². The van der Waals surface area contributed by atoms with Crippen molar-refractivity contribution in [2.75, 3.05) is 24.7 Å². The molecule has 4 nitrogen and oxygen atoms in total. The normalized spacial score (nSPS) is 12.1. The molecule has 0 saturated carbocycles. The van der Waals surface area contributed by atoms with Crippen molar-refractivity contribution in [3.8, 4) is 0 Å². The van der Waals surface area contributed by atoms with E-state index in [1.165, 1.54) is 5.56 Å². The van der Waals surface area contributed by atoms with Crippen LogP contribution in [0.5, 0.6) is 0 Å². The lowest BCUT2D eigenvalue weighted by molar-refractivity contribution is -0.119. The van der Waals surface area contributed by atoms with Gasteiger partial charge in [-0.25, -0.2) is 0 Å². The number of aliphatic hydroxyl groups excluding tert-OH is 2. The van der Waals surface area contributed by atoms with Crippen LogP contribution in [-0.4, -0.2) is 46.9 Å².